The molecule has 1 saturated heterocycles. The molecule has 1 rings (SSSR count). The van der Waals surface area contributed by atoms with Crippen LogP contribution in [0.2, 0.25) is 0 Å². The molecule has 116 valence electrons. The molecule has 1 aliphatic rings. The fraction of sp³-hybridized carbons (Fsp3) is 0.867. The number of Topliss-reactive ketones (excluding diaryl/α,β-unsaturated/α-hetero) is 1. The van der Waals surface area contributed by atoms with Gasteiger partial charge in [0.2, 0.25) is 5.91 Å². The third-order valence-electron chi connectivity index (χ3n) is 4.01. The van der Waals surface area contributed by atoms with E-state index in [9.17, 15) is 14.7 Å². The zero-order valence-corrected chi connectivity index (χ0v) is 13.1. The largest absolute Gasteiger partial charge is 0.393 e. The van der Waals surface area contributed by atoms with E-state index in [1.54, 1.807) is 6.92 Å². The molecule has 0 radical (unpaired) electrons. The first-order valence-electron chi connectivity index (χ1n) is 7.51. The summed E-state index contributed by atoms with van der Waals surface area (Å²) in [6.45, 7) is 9.10. The fourth-order valence-corrected chi connectivity index (χ4v) is 2.79. The van der Waals surface area contributed by atoms with Crippen molar-refractivity contribution >= 4 is 11.7 Å². The van der Waals surface area contributed by atoms with Crippen LogP contribution in [0.15, 0.2) is 0 Å². The Labute approximate surface area is 121 Å². The van der Waals surface area contributed by atoms with Crippen LogP contribution in [0.25, 0.3) is 0 Å². The number of carbonyl (C=O) groups is 2. The molecule has 5 heteroatoms. The van der Waals surface area contributed by atoms with Gasteiger partial charge in [0.25, 0.3) is 0 Å². The van der Waals surface area contributed by atoms with Crippen molar-refractivity contribution in [2.75, 3.05) is 19.6 Å². The Kier molecular flexibility index (Phi) is 6.62. The van der Waals surface area contributed by atoms with Gasteiger partial charge in [-0.2, -0.15) is 0 Å². The van der Waals surface area contributed by atoms with Crippen LogP contribution in [0, 0.1) is 11.8 Å². The average Bonchev–Trinajstić information content (AvgIpc) is 2.35. The Bertz CT molecular complexity index is 342. The maximum atomic E-state index is 12.0. The first kappa shape index (κ1) is 17.1. The predicted molar refractivity (Wildman–Crippen MR) is 78.3 cm³/mol. The first-order chi connectivity index (χ1) is 9.31. The lowest BCUT2D eigenvalue weighted by Crippen LogP contribution is -2.49. The van der Waals surface area contributed by atoms with Gasteiger partial charge in [-0.3, -0.25) is 14.5 Å². The molecule has 0 saturated carbocycles. The molecule has 0 aliphatic carbocycles. The van der Waals surface area contributed by atoms with Gasteiger partial charge in [0.1, 0.15) is 0 Å². The number of hydrogen-bond donors (Lipinski definition) is 2. The molecule has 3 atom stereocenters. The second kappa shape index (κ2) is 7.74. The molecule has 0 spiro atoms. The Morgan fingerprint density at radius 1 is 1.35 bits per heavy atom. The number of likely N-dealkylation sites (tertiary alicyclic amines) is 1. The summed E-state index contributed by atoms with van der Waals surface area (Å²) in [5.41, 5.74) is 0. The van der Waals surface area contributed by atoms with Crippen LogP contribution < -0.4 is 5.32 Å². The lowest BCUT2D eigenvalue weighted by molar-refractivity contribution is -0.128. The van der Waals surface area contributed by atoms with E-state index in [0.29, 0.717) is 6.54 Å². The van der Waals surface area contributed by atoms with Gasteiger partial charge in [0.15, 0.2) is 5.78 Å². The summed E-state index contributed by atoms with van der Waals surface area (Å²) in [5, 5.41) is 12.5. The lowest BCUT2D eigenvalue weighted by Gasteiger charge is -2.34. The van der Waals surface area contributed by atoms with E-state index in [0.717, 1.165) is 25.9 Å². The molecule has 1 fully saturated rings. The van der Waals surface area contributed by atoms with Crippen LogP contribution >= 0.6 is 0 Å². The van der Waals surface area contributed by atoms with Gasteiger partial charge in [0.05, 0.1) is 18.7 Å². The van der Waals surface area contributed by atoms with Crippen molar-refractivity contribution in [3.8, 4) is 0 Å². The standard InChI is InChI=1S/C15H28N2O3/c1-10(2)15(12(4)19)16-14(20)9-17-7-5-6-13(8-17)11(3)18/h10-11,13,15,18H,5-9H2,1-4H3,(H,16,20). The van der Waals surface area contributed by atoms with E-state index in [2.05, 4.69) is 10.2 Å². The van der Waals surface area contributed by atoms with E-state index in [-0.39, 0.29) is 29.6 Å². The number of piperidine rings is 1. The van der Waals surface area contributed by atoms with Gasteiger partial charge < -0.3 is 10.4 Å². The van der Waals surface area contributed by atoms with Crippen molar-refractivity contribution in [3.63, 3.8) is 0 Å². The number of aliphatic hydroxyl groups excluding tert-OH is 1. The number of rotatable bonds is 6. The molecule has 3 unspecified atom stereocenters. The van der Waals surface area contributed by atoms with Gasteiger partial charge in [-0.1, -0.05) is 13.8 Å². The van der Waals surface area contributed by atoms with Crippen molar-refractivity contribution in [1.29, 1.82) is 0 Å². The smallest absolute Gasteiger partial charge is 0.234 e. The Morgan fingerprint density at radius 3 is 2.50 bits per heavy atom. The minimum atomic E-state index is -0.403. The third-order valence-corrected chi connectivity index (χ3v) is 4.01. The molecular formula is C15H28N2O3. The maximum absolute atomic E-state index is 12.0. The number of carbonyl (C=O) groups excluding carboxylic acids is 2. The molecule has 1 amide bonds. The zero-order valence-electron chi connectivity index (χ0n) is 13.1. The molecule has 1 heterocycles. The van der Waals surface area contributed by atoms with Crippen LogP contribution in [-0.2, 0) is 9.59 Å². The summed E-state index contributed by atoms with van der Waals surface area (Å²) in [7, 11) is 0. The van der Waals surface area contributed by atoms with Gasteiger partial charge >= 0.3 is 0 Å². The van der Waals surface area contributed by atoms with Crippen LogP contribution in [0.3, 0.4) is 0 Å². The summed E-state index contributed by atoms with van der Waals surface area (Å²) in [6.07, 6.45) is 1.68. The average molecular weight is 284 g/mol. The highest BCUT2D eigenvalue weighted by molar-refractivity contribution is 5.88. The highest BCUT2D eigenvalue weighted by Gasteiger charge is 2.26. The summed E-state index contributed by atoms with van der Waals surface area (Å²) < 4.78 is 0. The highest BCUT2D eigenvalue weighted by atomic mass is 16.3. The third kappa shape index (κ3) is 5.21. The SMILES string of the molecule is CC(=O)C(NC(=O)CN1CCCC(C(C)O)C1)C(C)C. The number of aliphatic hydroxyl groups is 1. The van der Waals surface area contributed by atoms with Crippen molar-refractivity contribution < 1.29 is 14.7 Å². The quantitative estimate of drug-likeness (QED) is 0.757. The van der Waals surface area contributed by atoms with Crippen LogP contribution in [0.5, 0.6) is 0 Å². The van der Waals surface area contributed by atoms with Crippen LogP contribution in [0.1, 0.15) is 40.5 Å². The lowest BCUT2D eigenvalue weighted by atomic mass is 9.93. The van der Waals surface area contributed by atoms with Crippen molar-refractivity contribution in [2.45, 2.75) is 52.7 Å². The number of ketones is 1. The molecular weight excluding hydrogens is 256 g/mol. The summed E-state index contributed by atoms with van der Waals surface area (Å²) in [4.78, 5) is 25.6. The Morgan fingerprint density at radius 2 is 2.00 bits per heavy atom. The van der Waals surface area contributed by atoms with Gasteiger partial charge in [-0.15, -0.1) is 0 Å². The van der Waals surface area contributed by atoms with Gasteiger partial charge in [0, 0.05) is 6.54 Å². The second-order valence-corrected chi connectivity index (χ2v) is 6.28. The minimum Gasteiger partial charge on any atom is -0.393 e. The van der Waals surface area contributed by atoms with E-state index < -0.39 is 6.04 Å². The van der Waals surface area contributed by atoms with Gasteiger partial charge in [-0.25, -0.2) is 0 Å². The normalized spacial score (nSPS) is 23.4. The maximum Gasteiger partial charge on any atom is 0.234 e. The van der Waals surface area contributed by atoms with Crippen LogP contribution in [0.4, 0.5) is 0 Å². The molecule has 0 aromatic rings. The monoisotopic (exact) mass is 284 g/mol. The summed E-state index contributed by atoms with van der Waals surface area (Å²) in [6, 6.07) is -0.403. The van der Waals surface area contributed by atoms with Crippen molar-refractivity contribution in [1.82, 2.24) is 10.2 Å². The fourth-order valence-electron chi connectivity index (χ4n) is 2.79. The minimum absolute atomic E-state index is 0.00569. The number of nitrogens with one attached hydrogen (secondary N) is 1. The predicted octanol–water partition coefficient (Wildman–Crippen LogP) is 0.809. The highest BCUT2D eigenvalue weighted by Crippen LogP contribution is 2.19. The van der Waals surface area contributed by atoms with Gasteiger partial charge in [-0.05, 0) is 45.1 Å². The first-order valence-corrected chi connectivity index (χ1v) is 7.51. The van der Waals surface area contributed by atoms with E-state index in [1.807, 2.05) is 13.8 Å². The number of hydrogen-bond acceptors (Lipinski definition) is 4. The van der Waals surface area contributed by atoms with E-state index in [1.165, 1.54) is 6.92 Å². The van der Waals surface area contributed by atoms with Crippen LogP contribution in [-0.4, -0.2) is 53.5 Å². The van der Waals surface area contributed by atoms with E-state index >= 15 is 0 Å². The van der Waals surface area contributed by atoms with Crippen molar-refractivity contribution in [2.24, 2.45) is 11.8 Å². The number of nitrogens with zero attached hydrogens (tertiary/aromatic N) is 1. The molecule has 0 aromatic carbocycles. The molecule has 5 nitrogen and oxygen atoms in total. The van der Waals surface area contributed by atoms with E-state index in [4.69, 9.17) is 0 Å². The topological polar surface area (TPSA) is 69.6 Å². The number of amides is 1. The zero-order chi connectivity index (χ0) is 15.3. The molecule has 0 bridgehead atoms. The summed E-state index contributed by atoms with van der Waals surface area (Å²) >= 11 is 0. The molecule has 1 aliphatic heterocycles. The Balaban J connectivity index is 2.47. The molecule has 0 aromatic heterocycles. The molecule has 20 heavy (non-hydrogen) atoms. The second-order valence-electron chi connectivity index (χ2n) is 6.28. The summed E-state index contributed by atoms with van der Waals surface area (Å²) in [5.74, 6) is 0.229. The molecule has 2 N–H and O–H groups in total. The Hall–Kier alpha value is -0.940. The van der Waals surface area contributed by atoms with Crippen molar-refractivity contribution in [3.05, 3.63) is 0 Å².